The predicted molar refractivity (Wildman–Crippen MR) is 84.1 cm³/mol. The maximum atomic E-state index is 12.3. The van der Waals surface area contributed by atoms with Crippen molar-refractivity contribution in [3.63, 3.8) is 0 Å². The molecule has 0 radical (unpaired) electrons. The van der Waals surface area contributed by atoms with E-state index < -0.39 is 0 Å². The highest BCUT2D eigenvalue weighted by Gasteiger charge is 2.25. The van der Waals surface area contributed by atoms with E-state index in [-0.39, 0.29) is 24.4 Å². The molecular formula is C13H18ClN5OS. The summed E-state index contributed by atoms with van der Waals surface area (Å²) in [5.41, 5.74) is 0.413. The van der Waals surface area contributed by atoms with Gasteiger partial charge < -0.3 is 10.2 Å². The average Bonchev–Trinajstić information content (AvgIpc) is 3.19. The van der Waals surface area contributed by atoms with E-state index in [4.69, 9.17) is 0 Å². The van der Waals surface area contributed by atoms with Gasteiger partial charge >= 0.3 is 0 Å². The van der Waals surface area contributed by atoms with Crippen LogP contribution in [0.5, 0.6) is 0 Å². The molecule has 1 fully saturated rings. The predicted octanol–water partition coefficient (Wildman–Crippen LogP) is 1.24. The number of carbonyl (C=O) groups excluding carboxylic acids is 1. The van der Waals surface area contributed by atoms with E-state index in [1.165, 1.54) is 4.88 Å². The normalized spacial score (nSPS) is 17.5. The molecule has 2 aromatic heterocycles. The molecule has 1 N–H and O–H groups in total. The first-order chi connectivity index (χ1) is 9.74. The minimum atomic E-state index is -0.0591. The Morgan fingerprint density at radius 1 is 1.62 bits per heavy atom. The summed E-state index contributed by atoms with van der Waals surface area (Å²) in [5, 5.41) is 13.3. The molecule has 8 heteroatoms. The zero-order valence-electron chi connectivity index (χ0n) is 11.7. The molecule has 0 bridgehead atoms. The topological polar surface area (TPSA) is 63.1 Å². The van der Waals surface area contributed by atoms with Crippen molar-refractivity contribution >= 4 is 29.7 Å². The lowest BCUT2D eigenvalue weighted by Crippen LogP contribution is -2.38. The molecule has 0 aromatic carbocycles. The Morgan fingerprint density at radius 2 is 2.48 bits per heavy atom. The molecular weight excluding hydrogens is 310 g/mol. The highest BCUT2D eigenvalue weighted by atomic mass is 35.5. The largest absolute Gasteiger partial charge is 0.336 e. The Balaban J connectivity index is 0.00000161. The Bertz CT molecular complexity index is 579. The molecule has 3 rings (SSSR count). The minimum absolute atomic E-state index is 0. The van der Waals surface area contributed by atoms with Crippen LogP contribution in [0.3, 0.4) is 0 Å². The van der Waals surface area contributed by atoms with Crippen LogP contribution >= 0.6 is 23.7 Å². The van der Waals surface area contributed by atoms with Gasteiger partial charge in [-0.05, 0) is 24.4 Å². The Morgan fingerprint density at radius 3 is 3.14 bits per heavy atom. The highest BCUT2D eigenvalue weighted by Crippen LogP contribution is 2.12. The molecule has 0 aliphatic carbocycles. The van der Waals surface area contributed by atoms with Crippen molar-refractivity contribution < 1.29 is 4.79 Å². The second-order valence-electron chi connectivity index (χ2n) is 4.94. The molecule has 3 heterocycles. The number of carbonyl (C=O) groups is 1. The Kier molecular flexibility index (Phi) is 5.33. The second kappa shape index (κ2) is 7.02. The average molecular weight is 328 g/mol. The molecule has 2 aromatic rings. The summed E-state index contributed by atoms with van der Waals surface area (Å²) in [4.78, 5) is 15.3. The molecule has 21 heavy (non-hydrogen) atoms. The van der Waals surface area contributed by atoms with E-state index in [1.807, 2.05) is 24.6 Å². The Labute approximate surface area is 133 Å². The molecule has 1 aliphatic rings. The van der Waals surface area contributed by atoms with Crippen molar-refractivity contribution in [2.24, 2.45) is 0 Å². The van der Waals surface area contributed by atoms with Gasteiger partial charge in [-0.3, -0.25) is 4.79 Å². The van der Waals surface area contributed by atoms with Crippen LogP contribution < -0.4 is 5.32 Å². The number of likely N-dealkylation sites (N-methyl/N-ethyl adjacent to an activating group) is 1. The molecule has 0 saturated carbocycles. The van der Waals surface area contributed by atoms with E-state index >= 15 is 0 Å². The summed E-state index contributed by atoms with van der Waals surface area (Å²) in [6, 6.07) is 4.30. The molecule has 1 unspecified atom stereocenters. The van der Waals surface area contributed by atoms with Crippen LogP contribution in [0, 0.1) is 0 Å². The number of amides is 1. The number of rotatable bonds is 4. The fourth-order valence-electron chi connectivity index (χ4n) is 2.35. The van der Waals surface area contributed by atoms with Crippen molar-refractivity contribution in [3.8, 4) is 0 Å². The van der Waals surface area contributed by atoms with E-state index in [0.717, 1.165) is 19.5 Å². The number of nitrogens with one attached hydrogen (secondary N) is 1. The van der Waals surface area contributed by atoms with E-state index in [1.54, 1.807) is 27.1 Å². The monoisotopic (exact) mass is 327 g/mol. The smallest absolute Gasteiger partial charge is 0.276 e. The standard InChI is InChI=1S/C13H17N5OS.ClH/c1-17(10-4-5-14-7-10)13(19)12-9-18(16-15-12)8-11-3-2-6-20-11;/h2-3,6,9-10,14H,4-5,7-8H2,1H3;1H. The highest BCUT2D eigenvalue weighted by molar-refractivity contribution is 7.09. The van der Waals surface area contributed by atoms with Gasteiger partial charge in [-0.15, -0.1) is 28.8 Å². The van der Waals surface area contributed by atoms with Crippen molar-refractivity contribution in [2.45, 2.75) is 19.0 Å². The lowest BCUT2D eigenvalue weighted by molar-refractivity contribution is 0.0737. The quantitative estimate of drug-likeness (QED) is 0.918. The van der Waals surface area contributed by atoms with Crippen molar-refractivity contribution in [3.05, 3.63) is 34.3 Å². The fraction of sp³-hybridized carbons (Fsp3) is 0.462. The summed E-state index contributed by atoms with van der Waals surface area (Å²) in [7, 11) is 1.83. The summed E-state index contributed by atoms with van der Waals surface area (Å²) in [5.74, 6) is -0.0591. The molecule has 1 atom stereocenters. The van der Waals surface area contributed by atoms with Crippen molar-refractivity contribution in [2.75, 3.05) is 20.1 Å². The van der Waals surface area contributed by atoms with Gasteiger partial charge in [-0.2, -0.15) is 0 Å². The van der Waals surface area contributed by atoms with Crippen LogP contribution in [0.25, 0.3) is 0 Å². The summed E-state index contributed by atoms with van der Waals surface area (Å²) < 4.78 is 1.71. The zero-order chi connectivity index (χ0) is 13.9. The van der Waals surface area contributed by atoms with Crippen LogP contribution in [-0.2, 0) is 6.54 Å². The molecule has 114 valence electrons. The van der Waals surface area contributed by atoms with E-state index in [9.17, 15) is 4.79 Å². The van der Waals surface area contributed by atoms with Gasteiger partial charge in [0.25, 0.3) is 5.91 Å². The second-order valence-corrected chi connectivity index (χ2v) is 5.98. The van der Waals surface area contributed by atoms with Crippen LogP contribution in [0.2, 0.25) is 0 Å². The molecule has 1 saturated heterocycles. The molecule has 0 spiro atoms. The van der Waals surface area contributed by atoms with Gasteiger partial charge in [-0.25, -0.2) is 4.68 Å². The number of aromatic nitrogens is 3. The first kappa shape index (κ1) is 15.9. The minimum Gasteiger partial charge on any atom is -0.336 e. The Hall–Kier alpha value is -1.44. The maximum Gasteiger partial charge on any atom is 0.276 e. The van der Waals surface area contributed by atoms with Crippen LogP contribution in [-0.4, -0.2) is 52.0 Å². The van der Waals surface area contributed by atoms with E-state index in [0.29, 0.717) is 12.2 Å². The van der Waals surface area contributed by atoms with Gasteiger partial charge in [0.05, 0.1) is 12.7 Å². The number of nitrogens with zero attached hydrogens (tertiary/aromatic N) is 4. The number of hydrogen-bond donors (Lipinski definition) is 1. The lowest BCUT2D eigenvalue weighted by Gasteiger charge is -2.22. The molecule has 6 nitrogen and oxygen atoms in total. The van der Waals surface area contributed by atoms with Gasteiger partial charge in [0, 0.05) is 24.5 Å². The number of hydrogen-bond acceptors (Lipinski definition) is 5. The first-order valence-corrected chi connectivity index (χ1v) is 7.52. The SMILES string of the molecule is CN(C(=O)c1cn(Cc2cccs2)nn1)C1CCNC1.Cl. The summed E-state index contributed by atoms with van der Waals surface area (Å²) in [6.07, 6.45) is 2.71. The lowest BCUT2D eigenvalue weighted by atomic mass is 10.2. The third-order valence-electron chi connectivity index (χ3n) is 3.56. The molecule has 1 amide bonds. The third kappa shape index (κ3) is 3.61. The summed E-state index contributed by atoms with van der Waals surface area (Å²) in [6.45, 7) is 2.48. The van der Waals surface area contributed by atoms with Crippen molar-refractivity contribution in [1.29, 1.82) is 0 Å². The number of thiophene rings is 1. The van der Waals surface area contributed by atoms with Crippen LogP contribution in [0.1, 0.15) is 21.8 Å². The number of halogens is 1. The fourth-order valence-corrected chi connectivity index (χ4v) is 3.05. The van der Waals surface area contributed by atoms with E-state index in [2.05, 4.69) is 15.6 Å². The summed E-state index contributed by atoms with van der Waals surface area (Å²) >= 11 is 1.67. The third-order valence-corrected chi connectivity index (χ3v) is 4.42. The van der Waals surface area contributed by atoms with Gasteiger partial charge in [0.1, 0.15) is 0 Å². The van der Waals surface area contributed by atoms with Gasteiger partial charge in [0.2, 0.25) is 0 Å². The first-order valence-electron chi connectivity index (χ1n) is 6.64. The van der Waals surface area contributed by atoms with Gasteiger partial charge in [0.15, 0.2) is 5.69 Å². The van der Waals surface area contributed by atoms with Crippen LogP contribution in [0.15, 0.2) is 23.7 Å². The van der Waals surface area contributed by atoms with Crippen LogP contribution in [0.4, 0.5) is 0 Å². The zero-order valence-corrected chi connectivity index (χ0v) is 13.4. The molecule has 1 aliphatic heterocycles. The maximum absolute atomic E-state index is 12.3. The van der Waals surface area contributed by atoms with Gasteiger partial charge in [-0.1, -0.05) is 11.3 Å². The van der Waals surface area contributed by atoms with Crippen molar-refractivity contribution in [1.82, 2.24) is 25.2 Å².